The zero-order valence-electron chi connectivity index (χ0n) is 20.7. The molecule has 8 nitrogen and oxygen atoms in total. The van der Waals surface area contributed by atoms with Crippen molar-refractivity contribution in [1.29, 1.82) is 0 Å². The summed E-state index contributed by atoms with van der Waals surface area (Å²) in [6.45, 7) is 3.74. The molecule has 0 atom stereocenters. The first kappa shape index (κ1) is 24.7. The molecule has 0 saturated heterocycles. The molecule has 1 aliphatic heterocycles. The van der Waals surface area contributed by atoms with Crippen molar-refractivity contribution in [3.63, 3.8) is 0 Å². The summed E-state index contributed by atoms with van der Waals surface area (Å²) in [5.74, 6) is 2.28. The van der Waals surface area contributed by atoms with Crippen LogP contribution < -0.4 is 14.8 Å². The first-order valence-corrected chi connectivity index (χ1v) is 12.7. The molecule has 4 aromatic rings. The van der Waals surface area contributed by atoms with Crippen molar-refractivity contribution in [3.05, 3.63) is 82.7 Å². The summed E-state index contributed by atoms with van der Waals surface area (Å²) >= 11 is 1.33. The van der Waals surface area contributed by atoms with Crippen LogP contribution in [0.2, 0.25) is 0 Å². The Kier molecular flexibility index (Phi) is 7.07. The van der Waals surface area contributed by atoms with Crippen molar-refractivity contribution in [2.45, 2.75) is 31.9 Å². The number of aliphatic hydroxyl groups is 1. The van der Waals surface area contributed by atoms with Gasteiger partial charge >= 0.3 is 0 Å². The van der Waals surface area contributed by atoms with Crippen LogP contribution in [-0.2, 0) is 17.8 Å². The van der Waals surface area contributed by atoms with Crippen LogP contribution in [0.25, 0.3) is 11.4 Å². The lowest BCUT2D eigenvalue weighted by atomic mass is 9.99. The molecule has 1 amide bonds. The van der Waals surface area contributed by atoms with Gasteiger partial charge in [-0.25, -0.2) is 4.98 Å². The fraction of sp³-hybridized carbons (Fsp3) is 0.214. The van der Waals surface area contributed by atoms with E-state index in [1.807, 2.05) is 38.1 Å². The Morgan fingerprint density at radius 3 is 2.54 bits per heavy atom. The Hall–Kier alpha value is -3.95. The number of aryl methyl sites for hydroxylation is 2. The Labute approximate surface area is 219 Å². The predicted molar refractivity (Wildman–Crippen MR) is 142 cm³/mol. The number of carbonyl (C=O) groups excluding carboxylic acids is 1. The van der Waals surface area contributed by atoms with E-state index >= 15 is 0 Å². The van der Waals surface area contributed by atoms with Gasteiger partial charge in [0.1, 0.15) is 10.8 Å². The molecule has 2 N–H and O–H groups in total. The molecule has 37 heavy (non-hydrogen) atoms. The van der Waals surface area contributed by atoms with E-state index in [0.717, 1.165) is 33.7 Å². The van der Waals surface area contributed by atoms with Gasteiger partial charge in [0.2, 0.25) is 11.8 Å². The lowest BCUT2D eigenvalue weighted by molar-refractivity contribution is -0.113. The standard InChI is InChI=1S/C28H26N4O4S/c1-16-4-6-18(7-5-16)26-31-27-23(12-22-19(14-33)13-29-17(2)25(22)36-27)28(32-26)37-15-24(34)30-20-8-10-21(35-3)11-9-20/h4-11,13,33H,12,14-15H2,1-3H3,(H,30,34). The lowest BCUT2D eigenvalue weighted by Gasteiger charge is -2.24. The topological polar surface area (TPSA) is 106 Å². The van der Waals surface area contributed by atoms with Gasteiger partial charge in [-0.15, -0.1) is 0 Å². The summed E-state index contributed by atoms with van der Waals surface area (Å²) in [5, 5.41) is 13.4. The predicted octanol–water partition coefficient (Wildman–Crippen LogP) is 5.08. The average molecular weight is 515 g/mol. The van der Waals surface area contributed by atoms with E-state index in [1.54, 1.807) is 37.6 Å². The molecular formula is C28H26N4O4S. The molecule has 0 radical (unpaired) electrons. The molecular weight excluding hydrogens is 488 g/mol. The molecule has 0 saturated carbocycles. The number of thioether (sulfide) groups is 1. The maximum absolute atomic E-state index is 12.8. The zero-order chi connectivity index (χ0) is 25.9. The molecule has 2 aromatic carbocycles. The summed E-state index contributed by atoms with van der Waals surface area (Å²) in [6, 6.07) is 15.1. The fourth-order valence-electron chi connectivity index (χ4n) is 4.05. The summed E-state index contributed by atoms with van der Waals surface area (Å²) in [4.78, 5) is 26.7. The van der Waals surface area contributed by atoms with Crippen LogP contribution in [-0.4, -0.2) is 38.8 Å². The van der Waals surface area contributed by atoms with Crippen LogP contribution in [0.5, 0.6) is 17.4 Å². The molecule has 0 aliphatic carbocycles. The molecule has 5 rings (SSSR count). The number of nitrogens with one attached hydrogen (secondary N) is 1. The Morgan fingerprint density at radius 1 is 1.08 bits per heavy atom. The number of hydrogen-bond donors (Lipinski definition) is 2. The van der Waals surface area contributed by atoms with Crippen LogP contribution in [0, 0.1) is 13.8 Å². The monoisotopic (exact) mass is 514 g/mol. The molecule has 0 fully saturated rings. The molecule has 3 heterocycles. The molecule has 9 heteroatoms. The largest absolute Gasteiger partial charge is 0.497 e. The zero-order valence-corrected chi connectivity index (χ0v) is 21.6. The molecule has 0 unspecified atom stereocenters. The van der Waals surface area contributed by atoms with Gasteiger partial charge in [0.25, 0.3) is 0 Å². The maximum Gasteiger partial charge on any atom is 0.234 e. The Balaban J connectivity index is 1.46. The highest BCUT2D eigenvalue weighted by Crippen LogP contribution is 2.42. The SMILES string of the molecule is COc1ccc(NC(=O)CSc2nc(-c3ccc(C)cc3)nc3c2Cc2c(CO)cnc(C)c2O3)cc1. The van der Waals surface area contributed by atoms with Crippen LogP contribution in [0.15, 0.2) is 59.8 Å². The van der Waals surface area contributed by atoms with E-state index in [1.165, 1.54) is 11.8 Å². The smallest absolute Gasteiger partial charge is 0.234 e. The highest BCUT2D eigenvalue weighted by molar-refractivity contribution is 8.00. The first-order valence-electron chi connectivity index (χ1n) is 11.8. The highest BCUT2D eigenvalue weighted by Gasteiger charge is 2.28. The van der Waals surface area contributed by atoms with E-state index in [9.17, 15) is 9.90 Å². The van der Waals surface area contributed by atoms with Crippen LogP contribution in [0.3, 0.4) is 0 Å². The fourth-order valence-corrected chi connectivity index (χ4v) is 4.88. The second-order valence-electron chi connectivity index (χ2n) is 8.68. The summed E-state index contributed by atoms with van der Waals surface area (Å²) < 4.78 is 11.4. The van der Waals surface area contributed by atoms with E-state index in [2.05, 4.69) is 10.3 Å². The number of rotatable bonds is 7. The molecule has 0 bridgehead atoms. The second-order valence-corrected chi connectivity index (χ2v) is 9.64. The van der Waals surface area contributed by atoms with Crippen molar-refractivity contribution in [3.8, 4) is 28.8 Å². The van der Waals surface area contributed by atoms with E-state index in [4.69, 9.17) is 19.4 Å². The third-order valence-electron chi connectivity index (χ3n) is 6.08. The van der Waals surface area contributed by atoms with Gasteiger partial charge < -0.3 is 19.9 Å². The van der Waals surface area contributed by atoms with Crippen molar-refractivity contribution >= 4 is 23.4 Å². The number of amides is 1. The van der Waals surface area contributed by atoms with Crippen molar-refractivity contribution in [1.82, 2.24) is 15.0 Å². The lowest BCUT2D eigenvalue weighted by Crippen LogP contribution is -2.16. The normalized spacial score (nSPS) is 11.8. The van der Waals surface area contributed by atoms with Crippen LogP contribution >= 0.6 is 11.8 Å². The number of anilines is 1. The molecule has 2 aromatic heterocycles. The van der Waals surface area contributed by atoms with Crippen molar-refractivity contribution in [2.24, 2.45) is 0 Å². The minimum Gasteiger partial charge on any atom is -0.497 e. The van der Waals surface area contributed by atoms with Crippen molar-refractivity contribution in [2.75, 3.05) is 18.2 Å². The van der Waals surface area contributed by atoms with Gasteiger partial charge in [-0.1, -0.05) is 41.6 Å². The van der Waals surface area contributed by atoms with Gasteiger partial charge in [0.05, 0.1) is 30.7 Å². The second kappa shape index (κ2) is 10.6. The summed E-state index contributed by atoms with van der Waals surface area (Å²) in [5.41, 5.74) is 5.73. The maximum atomic E-state index is 12.8. The molecule has 188 valence electrons. The van der Waals surface area contributed by atoms with Crippen LogP contribution in [0.1, 0.15) is 27.9 Å². The Bertz CT molecular complexity index is 1460. The number of aromatic nitrogens is 3. The van der Waals surface area contributed by atoms with E-state index < -0.39 is 0 Å². The number of carbonyl (C=O) groups is 1. The number of pyridine rings is 1. The van der Waals surface area contributed by atoms with E-state index in [0.29, 0.717) is 40.2 Å². The highest BCUT2D eigenvalue weighted by atomic mass is 32.2. The quantitative estimate of drug-likeness (QED) is 0.229. The first-order chi connectivity index (χ1) is 17.9. The number of fused-ring (bicyclic) bond motifs is 2. The van der Waals surface area contributed by atoms with Gasteiger partial charge in [0.15, 0.2) is 11.6 Å². The molecule has 0 spiro atoms. The third-order valence-corrected chi connectivity index (χ3v) is 7.10. The van der Waals surface area contributed by atoms with Crippen LogP contribution in [0.4, 0.5) is 5.69 Å². The number of methoxy groups -OCH3 is 1. The molecule has 1 aliphatic rings. The number of benzene rings is 2. The number of ether oxygens (including phenoxy) is 2. The number of aliphatic hydroxyl groups excluding tert-OH is 1. The summed E-state index contributed by atoms with van der Waals surface area (Å²) in [7, 11) is 1.60. The van der Waals surface area contributed by atoms with Gasteiger partial charge in [-0.05, 0) is 38.1 Å². The van der Waals surface area contributed by atoms with Gasteiger partial charge in [0, 0.05) is 35.0 Å². The number of hydrogen-bond acceptors (Lipinski definition) is 8. The minimum absolute atomic E-state index is 0.149. The minimum atomic E-state index is -0.160. The van der Waals surface area contributed by atoms with Gasteiger partial charge in [-0.2, -0.15) is 4.98 Å². The van der Waals surface area contributed by atoms with E-state index in [-0.39, 0.29) is 18.3 Å². The summed E-state index contributed by atoms with van der Waals surface area (Å²) in [6.07, 6.45) is 2.14. The average Bonchev–Trinajstić information content (AvgIpc) is 2.92. The number of nitrogens with zero attached hydrogens (tertiary/aromatic N) is 3. The van der Waals surface area contributed by atoms with Gasteiger partial charge in [-0.3, -0.25) is 9.78 Å². The van der Waals surface area contributed by atoms with Crippen molar-refractivity contribution < 1.29 is 19.4 Å². The Morgan fingerprint density at radius 2 is 1.84 bits per heavy atom. The third kappa shape index (κ3) is 5.28.